The van der Waals surface area contributed by atoms with E-state index in [1.54, 1.807) is 0 Å². The first kappa shape index (κ1) is 35.2. The second-order valence-electron chi connectivity index (χ2n) is 14.2. The Bertz CT molecular complexity index is 1790. The second-order valence-corrected chi connectivity index (χ2v) is 14.2. The van der Waals surface area contributed by atoms with E-state index >= 15 is 0 Å². The van der Waals surface area contributed by atoms with E-state index in [1.165, 1.54) is 49.5 Å². The van der Waals surface area contributed by atoms with Gasteiger partial charge < -0.3 is 10.1 Å². The van der Waals surface area contributed by atoms with Crippen molar-refractivity contribution < 1.29 is 30.0 Å². The van der Waals surface area contributed by atoms with E-state index in [0.717, 1.165) is 11.3 Å². The first-order valence-corrected chi connectivity index (χ1v) is 15.3. The van der Waals surface area contributed by atoms with E-state index in [-0.39, 0.29) is 37.1 Å². The molecule has 1 radical (unpaired) electrons. The van der Waals surface area contributed by atoms with Crippen LogP contribution < -0.4 is 0 Å². The molecule has 4 aromatic carbocycles. The standard InChI is InChI=1S/C29H26N.C11H20O2.Ir/c1-18(2)21-15-22(19(3)4)17-23(16-21)29-28-12-11-25-24-8-6-5-7-20(24)9-10-26(25)27(28)13-14-30-29;1-10(2,3)8(12)7-9(13)11(4,5)6;/h5-16,18-19H,1-4H3;7,12H,1-6H3;/q-1;;/b;8-7-;. The molecule has 233 valence electrons. The van der Waals surface area contributed by atoms with Crippen molar-refractivity contribution in [3.8, 4) is 11.3 Å². The van der Waals surface area contributed by atoms with E-state index in [1.807, 2.05) is 47.7 Å². The zero-order valence-corrected chi connectivity index (χ0v) is 30.2. The van der Waals surface area contributed by atoms with Crippen LogP contribution in [0.25, 0.3) is 43.6 Å². The molecule has 0 unspecified atom stereocenters. The summed E-state index contributed by atoms with van der Waals surface area (Å²) in [6, 6.07) is 27.9. The Morgan fingerprint density at radius 3 is 1.95 bits per heavy atom. The van der Waals surface area contributed by atoms with Crippen molar-refractivity contribution in [2.45, 2.75) is 81.1 Å². The predicted molar refractivity (Wildman–Crippen MR) is 184 cm³/mol. The van der Waals surface area contributed by atoms with Crippen molar-refractivity contribution in [1.29, 1.82) is 0 Å². The van der Waals surface area contributed by atoms with Crippen LogP contribution in [0.2, 0.25) is 0 Å². The van der Waals surface area contributed by atoms with Crippen molar-refractivity contribution >= 4 is 38.1 Å². The topological polar surface area (TPSA) is 50.2 Å². The summed E-state index contributed by atoms with van der Waals surface area (Å²) in [5.74, 6) is 1.01. The number of carbonyl (C=O) groups excluding carboxylic acids is 1. The molecular weight excluding hydrogens is 719 g/mol. The minimum absolute atomic E-state index is 0. The van der Waals surface area contributed by atoms with Crippen LogP contribution in [0.1, 0.15) is 92.2 Å². The number of aliphatic hydroxyl groups is 1. The molecule has 0 atom stereocenters. The maximum atomic E-state index is 11.5. The van der Waals surface area contributed by atoms with Gasteiger partial charge in [0.25, 0.3) is 0 Å². The maximum Gasteiger partial charge on any atom is 0.164 e. The molecule has 0 aliphatic carbocycles. The van der Waals surface area contributed by atoms with Gasteiger partial charge in [-0.25, -0.2) is 0 Å². The molecule has 0 spiro atoms. The number of carbonyl (C=O) groups is 1. The van der Waals surface area contributed by atoms with Gasteiger partial charge >= 0.3 is 0 Å². The van der Waals surface area contributed by atoms with Crippen LogP contribution in [0.4, 0.5) is 0 Å². The van der Waals surface area contributed by atoms with Crippen LogP contribution in [-0.4, -0.2) is 15.9 Å². The molecule has 1 aromatic heterocycles. The van der Waals surface area contributed by atoms with Gasteiger partial charge in [-0.2, -0.15) is 0 Å². The Hall–Kier alpha value is -3.33. The molecule has 0 saturated heterocycles. The number of ketones is 1. The van der Waals surface area contributed by atoms with Crippen LogP contribution in [0, 0.1) is 16.9 Å². The zero-order valence-electron chi connectivity index (χ0n) is 27.8. The fourth-order valence-corrected chi connectivity index (χ4v) is 4.91. The monoisotopic (exact) mass is 765 g/mol. The molecule has 0 fully saturated rings. The SMILES string of the molecule is CC(C)(C)C(=O)/C=C(\O)C(C)(C)C.CC(C)c1[c-]c(-c2nccc3c2ccc2c4ccccc4ccc32)cc(C(C)C)c1.[Ir]. The minimum Gasteiger partial charge on any atom is -0.512 e. The number of rotatable bonds is 4. The van der Waals surface area contributed by atoms with E-state index in [0.29, 0.717) is 11.8 Å². The van der Waals surface area contributed by atoms with Gasteiger partial charge in [0.05, 0.1) is 0 Å². The number of pyridine rings is 1. The van der Waals surface area contributed by atoms with Crippen molar-refractivity contribution in [1.82, 2.24) is 4.98 Å². The third kappa shape index (κ3) is 7.84. The molecular formula is C40H46IrNO2-. The molecule has 0 aliphatic heterocycles. The summed E-state index contributed by atoms with van der Waals surface area (Å²) >= 11 is 0. The number of nitrogens with zero attached hydrogens (tertiary/aromatic N) is 1. The van der Waals surface area contributed by atoms with Gasteiger partial charge in [-0.05, 0) is 55.9 Å². The van der Waals surface area contributed by atoms with E-state index < -0.39 is 5.41 Å². The number of hydrogen-bond donors (Lipinski definition) is 1. The minimum atomic E-state index is -0.417. The summed E-state index contributed by atoms with van der Waals surface area (Å²) in [6.07, 6.45) is 3.28. The summed E-state index contributed by atoms with van der Waals surface area (Å²) in [7, 11) is 0. The molecule has 0 amide bonds. The van der Waals surface area contributed by atoms with Gasteiger partial charge in [-0.15, -0.1) is 34.9 Å². The first-order valence-electron chi connectivity index (χ1n) is 15.3. The Morgan fingerprint density at radius 1 is 0.750 bits per heavy atom. The van der Waals surface area contributed by atoms with Crippen LogP contribution >= 0.6 is 0 Å². The Kier molecular flexibility index (Phi) is 11.0. The number of benzene rings is 4. The van der Waals surface area contributed by atoms with E-state index in [9.17, 15) is 9.90 Å². The molecule has 5 aromatic rings. The van der Waals surface area contributed by atoms with Crippen molar-refractivity contribution in [3.05, 3.63) is 102 Å². The van der Waals surface area contributed by atoms with Crippen LogP contribution in [0.15, 0.2) is 84.8 Å². The van der Waals surface area contributed by atoms with E-state index in [2.05, 4.69) is 100 Å². The molecule has 5 rings (SSSR count). The molecule has 4 heteroatoms. The normalized spacial score (nSPS) is 12.4. The average Bonchev–Trinajstić information content (AvgIpc) is 2.95. The maximum absolute atomic E-state index is 11.5. The number of allylic oxidation sites excluding steroid dienone is 2. The average molecular weight is 765 g/mol. The van der Waals surface area contributed by atoms with Gasteiger partial charge in [0.15, 0.2) is 5.78 Å². The Balaban J connectivity index is 0.000000324. The third-order valence-electron chi connectivity index (χ3n) is 7.90. The van der Waals surface area contributed by atoms with Crippen molar-refractivity contribution in [3.63, 3.8) is 0 Å². The van der Waals surface area contributed by atoms with Crippen LogP contribution in [0.3, 0.4) is 0 Å². The number of aromatic nitrogens is 1. The molecule has 0 saturated carbocycles. The van der Waals surface area contributed by atoms with Crippen LogP contribution in [0.5, 0.6) is 0 Å². The molecule has 1 N–H and O–H groups in total. The fraction of sp³-hybridized carbons (Fsp3) is 0.350. The summed E-state index contributed by atoms with van der Waals surface area (Å²) in [5.41, 5.74) is 3.95. The van der Waals surface area contributed by atoms with Crippen molar-refractivity contribution in [2.75, 3.05) is 0 Å². The molecule has 0 bridgehead atoms. The summed E-state index contributed by atoms with van der Waals surface area (Å²) in [6.45, 7) is 20.1. The predicted octanol–water partition coefficient (Wildman–Crippen LogP) is 11.3. The van der Waals surface area contributed by atoms with Gasteiger partial charge in [0.1, 0.15) is 5.76 Å². The van der Waals surface area contributed by atoms with Gasteiger partial charge in [-0.1, -0.05) is 118 Å². The largest absolute Gasteiger partial charge is 0.512 e. The second kappa shape index (κ2) is 13.8. The van der Waals surface area contributed by atoms with E-state index in [4.69, 9.17) is 4.98 Å². The Morgan fingerprint density at radius 2 is 1.34 bits per heavy atom. The molecule has 1 heterocycles. The Labute approximate surface area is 277 Å². The first-order chi connectivity index (χ1) is 20.1. The summed E-state index contributed by atoms with van der Waals surface area (Å²) < 4.78 is 0. The van der Waals surface area contributed by atoms with Crippen molar-refractivity contribution in [2.24, 2.45) is 10.8 Å². The molecule has 3 nitrogen and oxygen atoms in total. The van der Waals surface area contributed by atoms with Crippen LogP contribution in [-0.2, 0) is 24.9 Å². The number of aliphatic hydroxyl groups excluding tert-OH is 1. The summed E-state index contributed by atoms with van der Waals surface area (Å²) in [5, 5.41) is 17.1. The van der Waals surface area contributed by atoms with Gasteiger partial charge in [0.2, 0.25) is 0 Å². The van der Waals surface area contributed by atoms with Gasteiger partial charge in [-0.3, -0.25) is 4.79 Å². The number of fused-ring (bicyclic) bond motifs is 5. The summed E-state index contributed by atoms with van der Waals surface area (Å²) in [4.78, 5) is 16.3. The number of hydrogen-bond acceptors (Lipinski definition) is 3. The third-order valence-corrected chi connectivity index (χ3v) is 7.90. The molecule has 44 heavy (non-hydrogen) atoms. The molecule has 0 aliphatic rings. The smallest absolute Gasteiger partial charge is 0.164 e. The van der Waals surface area contributed by atoms with Gasteiger partial charge in [0, 0.05) is 43.2 Å². The zero-order chi connectivity index (χ0) is 31.7. The quantitative estimate of drug-likeness (QED) is 0.0858. The fourth-order valence-electron chi connectivity index (χ4n) is 4.91.